The van der Waals surface area contributed by atoms with E-state index in [0.717, 1.165) is 11.6 Å². The Balaban J connectivity index is 2.24. The summed E-state index contributed by atoms with van der Waals surface area (Å²) in [5, 5.41) is 17.4. The fraction of sp³-hybridized carbons (Fsp3) is 0.333. The van der Waals surface area contributed by atoms with Gasteiger partial charge in [0.1, 0.15) is 6.10 Å². The minimum absolute atomic E-state index is 0.0516. The first-order valence-corrected chi connectivity index (χ1v) is 6.46. The van der Waals surface area contributed by atoms with Crippen LogP contribution in [0.3, 0.4) is 0 Å². The van der Waals surface area contributed by atoms with Gasteiger partial charge in [-0.2, -0.15) is 0 Å². The molecular formula is C15H18O6. The van der Waals surface area contributed by atoms with Gasteiger partial charge >= 0.3 is 11.9 Å². The maximum atomic E-state index is 11.2. The molecule has 1 unspecified atom stereocenters. The summed E-state index contributed by atoms with van der Waals surface area (Å²) in [4.78, 5) is 21.5. The van der Waals surface area contributed by atoms with Crippen molar-refractivity contribution in [3.63, 3.8) is 0 Å². The Morgan fingerprint density at radius 1 is 1.19 bits per heavy atom. The van der Waals surface area contributed by atoms with E-state index < -0.39 is 24.6 Å². The molecule has 0 aliphatic heterocycles. The molecule has 0 heterocycles. The number of hydrogen-bond acceptors (Lipinski definition) is 5. The van der Waals surface area contributed by atoms with Crippen LogP contribution in [-0.4, -0.2) is 48.1 Å². The maximum absolute atomic E-state index is 11.2. The van der Waals surface area contributed by atoms with Crippen LogP contribution < -0.4 is 0 Å². The van der Waals surface area contributed by atoms with Crippen LogP contribution in [0.15, 0.2) is 42.5 Å². The average Bonchev–Trinajstić information content (AvgIpc) is 2.49. The topological polar surface area (TPSA) is 93.1 Å². The minimum Gasteiger partial charge on any atom is -0.478 e. The van der Waals surface area contributed by atoms with Gasteiger partial charge in [-0.05, 0) is 12.0 Å². The molecule has 2 N–H and O–H groups in total. The number of rotatable bonds is 9. The standard InChI is InChI=1S/C15H18O6/c16-10-13(21-15(19)7-6-14(17)18)11-20-9-8-12-4-2-1-3-5-12/h1-7,13,16H,8-11H2,(H,17,18)/b7-6-. The van der Waals surface area contributed by atoms with E-state index >= 15 is 0 Å². The molecule has 1 aromatic carbocycles. The van der Waals surface area contributed by atoms with Gasteiger partial charge < -0.3 is 19.7 Å². The number of carboxylic acids is 1. The third-order valence-electron chi connectivity index (χ3n) is 2.53. The van der Waals surface area contributed by atoms with Crippen molar-refractivity contribution >= 4 is 11.9 Å². The molecule has 0 saturated heterocycles. The van der Waals surface area contributed by atoms with Crippen molar-refractivity contribution in [3.8, 4) is 0 Å². The largest absolute Gasteiger partial charge is 0.478 e. The van der Waals surface area contributed by atoms with Crippen molar-refractivity contribution < 1.29 is 29.3 Å². The van der Waals surface area contributed by atoms with Gasteiger partial charge in [0.05, 0.1) is 19.8 Å². The highest BCUT2D eigenvalue weighted by Crippen LogP contribution is 2.01. The molecule has 21 heavy (non-hydrogen) atoms. The smallest absolute Gasteiger partial charge is 0.331 e. The summed E-state index contributed by atoms with van der Waals surface area (Å²) in [5.74, 6) is -2.07. The molecule has 0 spiro atoms. The van der Waals surface area contributed by atoms with Crippen molar-refractivity contribution in [2.24, 2.45) is 0 Å². The number of aliphatic hydroxyl groups is 1. The third-order valence-corrected chi connectivity index (χ3v) is 2.53. The summed E-state index contributed by atoms with van der Waals surface area (Å²) in [6, 6.07) is 9.74. The molecule has 0 radical (unpaired) electrons. The predicted molar refractivity (Wildman–Crippen MR) is 74.7 cm³/mol. The van der Waals surface area contributed by atoms with Gasteiger partial charge in [-0.15, -0.1) is 0 Å². The number of aliphatic carboxylic acids is 1. The zero-order valence-corrected chi connectivity index (χ0v) is 11.5. The van der Waals surface area contributed by atoms with Crippen molar-refractivity contribution in [1.82, 2.24) is 0 Å². The van der Waals surface area contributed by atoms with Crippen molar-refractivity contribution in [3.05, 3.63) is 48.0 Å². The molecule has 6 heteroatoms. The first-order chi connectivity index (χ1) is 10.1. The minimum atomic E-state index is -1.24. The second kappa shape index (κ2) is 9.68. The number of ether oxygens (including phenoxy) is 2. The van der Waals surface area contributed by atoms with Gasteiger partial charge in [0.25, 0.3) is 0 Å². The van der Waals surface area contributed by atoms with E-state index in [1.807, 2.05) is 30.3 Å². The zero-order chi connectivity index (χ0) is 15.5. The average molecular weight is 294 g/mol. The van der Waals surface area contributed by atoms with Gasteiger partial charge in [0, 0.05) is 12.2 Å². The first kappa shape index (κ1) is 16.9. The lowest BCUT2D eigenvalue weighted by molar-refractivity contribution is -0.149. The Morgan fingerprint density at radius 3 is 2.52 bits per heavy atom. The SMILES string of the molecule is O=C(O)/C=C\C(=O)OC(CO)COCCc1ccccc1. The van der Waals surface area contributed by atoms with E-state index in [0.29, 0.717) is 19.1 Å². The first-order valence-electron chi connectivity index (χ1n) is 6.46. The monoisotopic (exact) mass is 294 g/mol. The molecule has 1 atom stereocenters. The quantitative estimate of drug-likeness (QED) is 0.397. The molecule has 0 aliphatic carbocycles. The molecular weight excluding hydrogens is 276 g/mol. The normalized spacial score (nSPS) is 12.2. The van der Waals surface area contributed by atoms with Crippen LogP contribution in [0.4, 0.5) is 0 Å². The van der Waals surface area contributed by atoms with Crippen LogP contribution in [-0.2, 0) is 25.5 Å². The number of carbonyl (C=O) groups is 2. The van der Waals surface area contributed by atoms with Crippen molar-refractivity contribution in [1.29, 1.82) is 0 Å². The molecule has 1 aromatic rings. The molecule has 0 aliphatic rings. The number of hydrogen-bond donors (Lipinski definition) is 2. The number of benzene rings is 1. The van der Waals surface area contributed by atoms with Gasteiger partial charge in [-0.25, -0.2) is 9.59 Å². The summed E-state index contributed by atoms with van der Waals surface area (Å²) in [7, 11) is 0. The highest BCUT2D eigenvalue weighted by atomic mass is 16.6. The van der Waals surface area contributed by atoms with Crippen LogP contribution in [0.25, 0.3) is 0 Å². The predicted octanol–water partition coefficient (Wildman–Crippen LogP) is 0.791. The maximum Gasteiger partial charge on any atom is 0.331 e. The molecule has 114 valence electrons. The van der Waals surface area contributed by atoms with Crippen LogP contribution in [0.2, 0.25) is 0 Å². The Labute approximate surface area is 122 Å². The van der Waals surface area contributed by atoms with E-state index in [1.54, 1.807) is 0 Å². The van der Waals surface area contributed by atoms with Crippen LogP contribution in [0.5, 0.6) is 0 Å². The Hall–Kier alpha value is -2.18. The van der Waals surface area contributed by atoms with E-state index in [9.17, 15) is 9.59 Å². The van der Waals surface area contributed by atoms with Crippen molar-refractivity contribution in [2.75, 3.05) is 19.8 Å². The summed E-state index contributed by atoms with van der Waals surface area (Å²) in [6.45, 7) is 0.0942. The fourth-order valence-electron chi connectivity index (χ4n) is 1.52. The molecule has 0 aromatic heterocycles. The van der Waals surface area contributed by atoms with Gasteiger partial charge in [-0.3, -0.25) is 0 Å². The number of carbonyl (C=O) groups excluding carboxylic acids is 1. The molecule has 0 bridgehead atoms. The number of esters is 1. The lowest BCUT2D eigenvalue weighted by Crippen LogP contribution is -2.27. The lowest BCUT2D eigenvalue weighted by Gasteiger charge is -2.14. The highest BCUT2D eigenvalue weighted by molar-refractivity contribution is 5.90. The van der Waals surface area contributed by atoms with E-state index in [1.165, 1.54) is 0 Å². The fourth-order valence-corrected chi connectivity index (χ4v) is 1.52. The Morgan fingerprint density at radius 2 is 1.90 bits per heavy atom. The molecule has 1 rings (SSSR count). The lowest BCUT2D eigenvalue weighted by atomic mass is 10.2. The number of carboxylic acid groups (broad SMARTS) is 1. The summed E-state index contributed by atoms with van der Waals surface area (Å²) >= 11 is 0. The van der Waals surface area contributed by atoms with Gasteiger partial charge in [0.2, 0.25) is 0 Å². The summed E-state index contributed by atoms with van der Waals surface area (Å²) in [6.07, 6.45) is 1.36. The van der Waals surface area contributed by atoms with Crippen LogP contribution in [0.1, 0.15) is 5.56 Å². The van der Waals surface area contributed by atoms with E-state index in [2.05, 4.69) is 0 Å². The number of aliphatic hydroxyl groups excluding tert-OH is 1. The second-order valence-electron chi connectivity index (χ2n) is 4.22. The molecule has 0 fully saturated rings. The molecule has 6 nitrogen and oxygen atoms in total. The van der Waals surface area contributed by atoms with Crippen LogP contribution in [0, 0.1) is 0 Å². The van der Waals surface area contributed by atoms with Crippen molar-refractivity contribution in [2.45, 2.75) is 12.5 Å². The van der Waals surface area contributed by atoms with E-state index in [4.69, 9.17) is 19.7 Å². The highest BCUT2D eigenvalue weighted by Gasteiger charge is 2.12. The van der Waals surface area contributed by atoms with Crippen LogP contribution >= 0.6 is 0 Å². The zero-order valence-electron chi connectivity index (χ0n) is 11.5. The molecule has 0 saturated carbocycles. The summed E-state index contributed by atoms with van der Waals surface area (Å²) in [5.41, 5.74) is 1.12. The third kappa shape index (κ3) is 7.86. The Kier molecular flexibility index (Phi) is 7.78. The second-order valence-corrected chi connectivity index (χ2v) is 4.22. The van der Waals surface area contributed by atoms with E-state index in [-0.39, 0.29) is 6.61 Å². The van der Waals surface area contributed by atoms with Gasteiger partial charge in [0.15, 0.2) is 0 Å². The van der Waals surface area contributed by atoms with Gasteiger partial charge in [-0.1, -0.05) is 30.3 Å². The Bertz CT molecular complexity index is 468. The molecule has 0 amide bonds. The summed E-state index contributed by atoms with van der Waals surface area (Å²) < 4.78 is 10.2.